The van der Waals surface area contributed by atoms with Gasteiger partial charge in [0.1, 0.15) is 5.82 Å². The molecule has 8 heteroatoms. The van der Waals surface area contributed by atoms with E-state index in [1.165, 1.54) is 11.5 Å². The van der Waals surface area contributed by atoms with Crippen LogP contribution in [0, 0.1) is 0 Å². The normalized spacial score (nSPS) is 15.3. The topological polar surface area (TPSA) is 67.3 Å². The molecule has 2 aromatic rings. The Kier molecular flexibility index (Phi) is 4.90. The zero-order chi connectivity index (χ0) is 16.2. The number of nitrogens with zero attached hydrogens (tertiary/aromatic N) is 6. The van der Waals surface area contributed by atoms with E-state index in [0.717, 1.165) is 49.4 Å². The lowest BCUT2D eigenvalue weighted by atomic mass is 10.3. The van der Waals surface area contributed by atoms with E-state index in [4.69, 9.17) is 4.74 Å². The Labute approximate surface area is 140 Å². The first-order valence-electron chi connectivity index (χ1n) is 7.97. The van der Waals surface area contributed by atoms with Crippen LogP contribution in [0.25, 0.3) is 0 Å². The summed E-state index contributed by atoms with van der Waals surface area (Å²) >= 11 is 1.49. The minimum Gasteiger partial charge on any atom is -0.474 e. The molecular formula is C15H22N6OS. The molecule has 0 saturated carbocycles. The van der Waals surface area contributed by atoms with Crippen LogP contribution in [0.1, 0.15) is 26.6 Å². The molecule has 0 N–H and O–H groups in total. The van der Waals surface area contributed by atoms with E-state index in [2.05, 4.69) is 36.0 Å². The van der Waals surface area contributed by atoms with Gasteiger partial charge in [0.25, 0.3) is 0 Å². The Balaban J connectivity index is 1.62. The highest BCUT2D eigenvalue weighted by molar-refractivity contribution is 7.09. The molecule has 3 rings (SSSR count). The van der Waals surface area contributed by atoms with Crippen molar-refractivity contribution in [1.82, 2.24) is 19.3 Å². The van der Waals surface area contributed by atoms with Crippen LogP contribution < -0.4 is 14.5 Å². The van der Waals surface area contributed by atoms with Gasteiger partial charge in [-0.2, -0.15) is 9.36 Å². The smallest absolute Gasteiger partial charge is 0.234 e. The van der Waals surface area contributed by atoms with Crippen molar-refractivity contribution in [2.75, 3.05) is 36.0 Å². The second-order valence-electron chi connectivity index (χ2n) is 5.70. The van der Waals surface area contributed by atoms with E-state index >= 15 is 0 Å². The minimum absolute atomic E-state index is 0.0987. The summed E-state index contributed by atoms with van der Waals surface area (Å²) in [6.07, 6.45) is 4.44. The molecule has 0 unspecified atom stereocenters. The molecule has 7 nitrogen and oxygen atoms in total. The highest BCUT2D eigenvalue weighted by Gasteiger charge is 2.21. The lowest BCUT2D eigenvalue weighted by molar-refractivity contribution is 0.231. The molecule has 1 aliphatic rings. The molecule has 3 heterocycles. The highest BCUT2D eigenvalue weighted by Crippen LogP contribution is 2.22. The van der Waals surface area contributed by atoms with Gasteiger partial charge >= 0.3 is 0 Å². The molecule has 124 valence electrons. The van der Waals surface area contributed by atoms with Gasteiger partial charge in [0.05, 0.1) is 18.5 Å². The Morgan fingerprint density at radius 1 is 1.13 bits per heavy atom. The summed E-state index contributed by atoms with van der Waals surface area (Å²) in [7, 11) is 0. The fraction of sp³-hybridized carbons (Fsp3) is 0.600. The molecule has 0 spiro atoms. The molecule has 0 radical (unpaired) electrons. The number of rotatable bonds is 5. The predicted octanol–water partition coefficient (Wildman–Crippen LogP) is 2.00. The first-order valence-corrected chi connectivity index (χ1v) is 8.74. The minimum atomic E-state index is 0.0987. The van der Waals surface area contributed by atoms with Gasteiger partial charge in [0.15, 0.2) is 5.82 Å². The average Bonchev–Trinajstić information content (AvgIpc) is 3.04. The average molecular weight is 334 g/mol. The van der Waals surface area contributed by atoms with E-state index in [0.29, 0.717) is 5.88 Å². The van der Waals surface area contributed by atoms with Gasteiger partial charge in [0, 0.05) is 44.1 Å². The molecule has 0 aromatic carbocycles. The molecule has 1 saturated heterocycles. The zero-order valence-electron chi connectivity index (χ0n) is 13.8. The van der Waals surface area contributed by atoms with E-state index in [1.807, 2.05) is 13.8 Å². The first-order chi connectivity index (χ1) is 11.2. The summed E-state index contributed by atoms with van der Waals surface area (Å²) in [5, 5.41) is 1.02. The fourth-order valence-corrected chi connectivity index (χ4v) is 3.23. The third-order valence-electron chi connectivity index (χ3n) is 3.60. The van der Waals surface area contributed by atoms with E-state index in [9.17, 15) is 0 Å². The molecular weight excluding hydrogens is 312 g/mol. The molecule has 0 atom stereocenters. The van der Waals surface area contributed by atoms with Crippen LogP contribution in [0.3, 0.4) is 0 Å². The van der Waals surface area contributed by atoms with Gasteiger partial charge < -0.3 is 14.5 Å². The van der Waals surface area contributed by atoms with Gasteiger partial charge in [-0.25, -0.2) is 4.98 Å². The van der Waals surface area contributed by atoms with Crippen molar-refractivity contribution >= 4 is 22.5 Å². The second-order valence-corrected chi connectivity index (χ2v) is 6.43. The molecule has 0 bridgehead atoms. The van der Waals surface area contributed by atoms with Gasteiger partial charge in [-0.15, -0.1) is 0 Å². The highest BCUT2D eigenvalue weighted by atomic mass is 32.1. The van der Waals surface area contributed by atoms with Crippen molar-refractivity contribution in [1.29, 1.82) is 0 Å². The summed E-state index contributed by atoms with van der Waals surface area (Å²) in [5.74, 6) is 2.38. The third kappa shape index (κ3) is 3.87. The molecule has 23 heavy (non-hydrogen) atoms. The van der Waals surface area contributed by atoms with Crippen LogP contribution in [0.15, 0.2) is 12.4 Å². The summed E-state index contributed by atoms with van der Waals surface area (Å²) < 4.78 is 9.99. The molecule has 1 fully saturated rings. The standard InChI is InChI=1S/C15H22N6OS/c1-4-12-17-15(23-19-12)21-7-5-20(6-8-21)13-9-16-10-14(18-13)22-11(2)3/h9-11H,4-8H2,1-3H3. The molecule has 0 aliphatic carbocycles. The zero-order valence-corrected chi connectivity index (χ0v) is 14.6. The number of hydrogen-bond acceptors (Lipinski definition) is 8. The van der Waals surface area contributed by atoms with E-state index < -0.39 is 0 Å². The lowest BCUT2D eigenvalue weighted by Crippen LogP contribution is -2.46. The van der Waals surface area contributed by atoms with Gasteiger partial charge in [-0.3, -0.25) is 4.98 Å². The summed E-state index contributed by atoms with van der Waals surface area (Å²) in [6, 6.07) is 0. The number of piperazine rings is 1. The van der Waals surface area contributed by atoms with Crippen molar-refractivity contribution in [2.24, 2.45) is 0 Å². The Morgan fingerprint density at radius 3 is 2.52 bits per heavy atom. The van der Waals surface area contributed by atoms with Crippen molar-refractivity contribution in [3.63, 3.8) is 0 Å². The maximum absolute atomic E-state index is 5.62. The van der Waals surface area contributed by atoms with Crippen LogP contribution in [0.5, 0.6) is 5.88 Å². The molecule has 1 aliphatic heterocycles. The number of aryl methyl sites for hydroxylation is 1. The van der Waals surface area contributed by atoms with Crippen LogP contribution >= 0.6 is 11.5 Å². The van der Waals surface area contributed by atoms with Crippen LogP contribution in [0.4, 0.5) is 10.9 Å². The van der Waals surface area contributed by atoms with Crippen molar-refractivity contribution in [3.8, 4) is 5.88 Å². The van der Waals surface area contributed by atoms with Crippen LogP contribution in [0.2, 0.25) is 0 Å². The monoisotopic (exact) mass is 334 g/mol. The van der Waals surface area contributed by atoms with Crippen LogP contribution in [-0.4, -0.2) is 51.6 Å². The maximum atomic E-state index is 5.62. The summed E-state index contributed by atoms with van der Waals surface area (Å²) in [6.45, 7) is 9.65. The molecule has 2 aromatic heterocycles. The predicted molar refractivity (Wildman–Crippen MR) is 91.5 cm³/mol. The summed E-state index contributed by atoms with van der Waals surface area (Å²) in [4.78, 5) is 17.9. The number of aromatic nitrogens is 4. The number of anilines is 2. The number of hydrogen-bond donors (Lipinski definition) is 0. The van der Waals surface area contributed by atoms with Crippen molar-refractivity contribution in [2.45, 2.75) is 33.3 Å². The van der Waals surface area contributed by atoms with Gasteiger partial charge in [-0.1, -0.05) is 6.92 Å². The van der Waals surface area contributed by atoms with Crippen molar-refractivity contribution in [3.05, 3.63) is 18.2 Å². The van der Waals surface area contributed by atoms with Crippen molar-refractivity contribution < 1.29 is 4.74 Å². The Bertz CT molecular complexity index is 638. The largest absolute Gasteiger partial charge is 0.474 e. The Hall–Kier alpha value is -1.96. The van der Waals surface area contributed by atoms with Gasteiger partial charge in [0.2, 0.25) is 11.0 Å². The first kappa shape index (κ1) is 15.9. The van der Waals surface area contributed by atoms with Crippen LogP contribution in [-0.2, 0) is 6.42 Å². The lowest BCUT2D eigenvalue weighted by Gasteiger charge is -2.34. The molecule has 0 amide bonds. The third-order valence-corrected chi connectivity index (χ3v) is 4.42. The summed E-state index contributed by atoms with van der Waals surface area (Å²) in [5.41, 5.74) is 0. The Morgan fingerprint density at radius 2 is 1.87 bits per heavy atom. The maximum Gasteiger partial charge on any atom is 0.234 e. The number of ether oxygens (including phenoxy) is 1. The SMILES string of the molecule is CCc1nsc(N2CCN(c3cncc(OC(C)C)n3)CC2)n1. The van der Waals surface area contributed by atoms with E-state index in [-0.39, 0.29) is 6.10 Å². The second kappa shape index (κ2) is 7.08. The van der Waals surface area contributed by atoms with Gasteiger partial charge in [-0.05, 0) is 13.8 Å². The van der Waals surface area contributed by atoms with E-state index in [1.54, 1.807) is 12.4 Å². The fourth-order valence-electron chi connectivity index (χ4n) is 2.43. The quantitative estimate of drug-likeness (QED) is 0.828.